The van der Waals surface area contributed by atoms with Crippen LogP contribution in [0.2, 0.25) is 5.02 Å². The van der Waals surface area contributed by atoms with E-state index in [4.69, 9.17) is 21.9 Å². The average Bonchev–Trinajstić information content (AvgIpc) is 3.14. The molecule has 0 spiro atoms. The van der Waals surface area contributed by atoms with E-state index in [-0.39, 0.29) is 16.7 Å². The summed E-state index contributed by atoms with van der Waals surface area (Å²) in [7, 11) is 0. The van der Waals surface area contributed by atoms with E-state index < -0.39 is 5.82 Å². The van der Waals surface area contributed by atoms with Crippen LogP contribution in [0.25, 0.3) is 11.4 Å². The van der Waals surface area contributed by atoms with Gasteiger partial charge in [-0.05, 0) is 31.2 Å². The van der Waals surface area contributed by atoms with Crippen molar-refractivity contribution in [1.29, 1.82) is 0 Å². The summed E-state index contributed by atoms with van der Waals surface area (Å²) in [4.78, 5) is 12.0. The van der Waals surface area contributed by atoms with Crippen molar-refractivity contribution >= 4 is 35.0 Å². The minimum atomic E-state index is -0.549. The van der Waals surface area contributed by atoms with Crippen molar-refractivity contribution in [3.05, 3.63) is 47.1 Å². The first-order chi connectivity index (χ1) is 12.0. The van der Waals surface area contributed by atoms with Gasteiger partial charge in [0.25, 0.3) is 0 Å². The first-order valence-corrected chi connectivity index (χ1v) is 8.44. The van der Waals surface area contributed by atoms with Crippen LogP contribution in [0.1, 0.15) is 5.76 Å². The Bertz CT molecular complexity index is 927. The standard InChI is InChI=1S/C15H13ClFN5O2S/c1-8-10(4-5-24-8)14-20-21-15(22(14)18)25-7-13(23)19-9-2-3-12(17)11(16)6-9/h2-6H,7,18H2,1H3,(H,19,23). The Labute approximate surface area is 151 Å². The molecule has 0 bridgehead atoms. The van der Waals surface area contributed by atoms with Gasteiger partial charge in [0.15, 0.2) is 5.82 Å². The van der Waals surface area contributed by atoms with E-state index in [1.807, 2.05) is 0 Å². The molecular formula is C15H13ClFN5O2S. The van der Waals surface area contributed by atoms with Gasteiger partial charge in [0.2, 0.25) is 11.1 Å². The Morgan fingerprint density at radius 3 is 2.92 bits per heavy atom. The summed E-state index contributed by atoms with van der Waals surface area (Å²) in [5.74, 6) is 6.28. The number of benzene rings is 1. The number of carbonyl (C=O) groups excluding carboxylic acids is 1. The van der Waals surface area contributed by atoms with E-state index in [1.165, 1.54) is 29.1 Å². The normalized spacial score (nSPS) is 10.8. The molecule has 3 aromatic rings. The second-order valence-electron chi connectivity index (χ2n) is 5.03. The van der Waals surface area contributed by atoms with E-state index in [0.717, 1.165) is 17.3 Å². The molecule has 0 aliphatic carbocycles. The highest BCUT2D eigenvalue weighted by Gasteiger charge is 2.16. The maximum Gasteiger partial charge on any atom is 0.234 e. The lowest BCUT2D eigenvalue weighted by Crippen LogP contribution is -2.16. The third kappa shape index (κ3) is 3.77. The third-order valence-electron chi connectivity index (χ3n) is 3.30. The quantitative estimate of drug-likeness (QED) is 0.520. The fourth-order valence-corrected chi connectivity index (χ4v) is 2.91. The molecular weight excluding hydrogens is 369 g/mol. The minimum absolute atomic E-state index is 0.0503. The summed E-state index contributed by atoms with van der Waals surface area (Å²) in [5.41, 5.74) is 1.13. The number of amides is 1. The van der Waals surface area contributed by atoms with Crippen LogP contribution in [0, 0.1) is 12.7 Å². The number of aryl methyl sites for hydroxylation is 1. The van der Waals surface area contributed by atoms with Gasteiger partial charge >= 0.3 is 0 Å². The molecule has 0 aliphatic heterocycles. The fraction of sp³-hybridized carbons (Fsp3) is 0.133. The third-order valence-corrected chi connectivity index (χ3v) is 4.53. The molecule has 0 fully saturated rings. The second kappa shape index (κ2) is 7.16. The number of hydrogen-bond donors (Lipinski definition) is 2. The molecule has 0 radical (unpaired) electrons. The van der Waals surface area contributed by atoms with Gasteiger partial charge in [0.1, 0.15) is 11.6 Å². The monoisotopic (exact) mass is 381 g/mol. The number of anilines is 1. The van der Waals surface area contributed by atoms with Gasteiger partial charge in [0.05, 0.1) is 22.6 Å². The van der Waals surface area contributed by atoms with Crippen LogP contribution in [-0.4, -0.2) is 26.5 Å². The van der Waals surface area contributed by atoms with Gasteiger partial charge in [-0.2, -0.15) is 0 Å². The molecule has 0 saturated carbocycles. The van der Waals surface area contributed by atoms with Crippen LogP contribution in [-0.2, 0) is 4.79 Å². The van der Waals surface area contributed by atoms with Gasteiger partial charge in [-0.25, -0.2) is 9.07 Å². The van der Waals surface area contributed by atoms with Crippen LogP contribution in [0.3, 0.4) is 0 Å². The molecule has 0 atom stereocenters. The predicted octanol–water partition coefficient (Wildman–Crippen LogP) is 3.08. The predicted molar refractivity (Wildman–Crippen MR) is 93.4 cm³/mol. The second-order valence-corrected chi connectivity index (χ2v) is 6.38. The Morgan fingerprint density at radius 1 is 1.44 bits per heavy atom. The number of thioether (sulfide) groups is 1. The molecule has 130 valence electrons. The van der Waals surface area contributed by atoms with Crippen molar-refractivity contribution in [2.45, 2.75) is 12.1 Å². The van der Waals surface area contributed by atoms with Crippen LogP contribution >= 0.6 is 23.4 Å². The minimum Gasteiger partial charge on any atom is -0.469 e. The number of rotatable bonds is 5. The molecule has 0 unspecified atom stereocenters. The highest BCUT2D eigenvalue weighted by Crippen LogP contribution is 2.25. The van der Waals surface area contributed by atoms with Gasteiger partial charge in [-0.3, -0.25) is 4.79 Å². The molecule has 2 heterocycles. The highest BCUT2D eigenvalue weighted by atomic mass is 35.5. The topological polar surface area (TPSA) is 99.0 Å². The van der Waals surface area contributed by atoms with Gasteiger partial charge in [-0.15, -0.1) is 10.2 Å². The van der Waals surface area contributed by atoms with E-state index >= 15 is 0 Å². The van der Waals surface area contributed by atoms with Crippen molar-refractivity contribution < 1.29 is 13.6 Å². The zero-order valence-corrected chi connectivity index (χ0v) is 14.6. The zero-order chi connectivity index (χ0) is 18.0. The van der Waals surface area contributed by atoms with Crippen LogP contribution < -0.4 is 11.2 Å². The lowest BCUT2D eigenvalue weighted by atomic mass is 10.2. The SMILES string of the molecule is Cc1occc1-c1nnc(SCC(=O)Nc2ccc(F)c(Cl)c2)n1N. The molecule has 25 heavy (non-hydrogen) atoms. The van der Waals surface area contributed by atoms with Crippen molar-refractivity contribution in [3.63, 3.8) is 0 Å². The summed E-state index contributed by atoms with van der Waals surface area (Å²) < 4.78 is 19.6. The van der Waals surface area contributed by atoms with Crippen molar-refractivity contribution in [3.8, 4) is 11.4 Å². The fourth-order valence-electron chi connectivity index (χ4n) is 2.08. The van der Waals surface area contributed by atoms with Gasteiger partial charge in [0, 0.05) is 5.69 Å². The lowest BCUT2D eigenvalue weighted by molar-refractivity contribution is -0.113. The molecule has 10 heteroatoms. The van der Waals surface area contributed by atoms with Crippen molar-refractivity contribution in [2.24, 2.45) is 0 Å². The molecule has 2 aromatic heterocycles. The smallest absolute Gasteiger partial charge is 0.234 e. The Balaban J connectivity index is 1.64. The molecule has 3 N–H and O–H groups in total. The average molecular weight is 382 g/mol. The molecule has 3 rings (SSSR count). The number of hydrogen-bond acceptors (Lipinski definition) is 6. The molecule has 7 nitrogen and oxygen atoms in total. The zero-order valence-electron chi connectivity index (χ0n) is 13.0. The van der Waals surface area contributed by atoms with Gasteiger partial charge < -0.3 is 15.6 Å². The summed E-state index contributed by atoms with van der Waals surface area (Å²) in [6, 6.07) is 5.68. The number of nitrogen functional groups attached to an aromatic ring is 1. The Hall–Kier alpha value is -2.52. The number of furan rings is 1. The Kier molecular flexibility index (Phi) is 4.95. The number of nitrogens with zero attached hydrogens (tertiary/aromatic N) is 3. The van der Waals surface area contributed by atoms with E-state index in [0.29, 0.717) is 22.4 Å². The molecule has 0 aliphatic rings. The molecule has 1 aromatic carbocycles. The van der Waals surface area contributed by atoms with Crippen LogP contribution in [0.5, 0.6) is 0 Å². The number of aromatic nitrogens is 3. The largest absolute Gasteiger partial charge is 0.469 e. The van der Waals surface area contributed by atoms with Crippen molar-refractivity contribution in [1.82, 2.24) is 14.9 Å². The van der Waals surface area contributed by atoms with E-state index in [2.05, 4.69) is 15.5 Å². The van der Waals surface area contributed by atoms with E-state index in [9.17, 15) is 9.18 Å². The Morgan fingerprint density at radius 2 is 2.24 bits per heavy atom. The number of nitrogens with one attached hydrogen (secondary N) is 1. The highest BCUT2D eigenvalue weighted by molar-refractivity contribution is 7.99. The number of nitrogens with two attached hydrogens (primary N) is 1. The van der Waals surface area contributed by atoms with Gasteiger partial charge in [-0.1, -0.05) is 23.4 Å². The molecule has 0 saturated heterocycles. The van der Waals surface area contributed by atoms with E-state index in [1.54, 1.807) is 13.0 Å². The molecule has 1 amide bonds. The first-order valence-electron chi connectivity index (χ1n) is 7.08. The first kappa shape index (κ1) is 17.3. The summed E-state index contributed by atoms with van der Waals surface area (Å²) >= 11 is 6.80. The summed E-state index contributed by atoms with van der Waals surface area (Å²) in [6.07, 6.45) is 1.54. The maximum atomic E-state index is 13.1. The maximum absolute atomic E-state index is 13.1. The number of halogens is 2. The summed E-state index contributed by atoms with van der Waals surface area (Å²) in [5, 5.41) is 10.9. The lowest BCUT2D eigenvalue weighted by Gasteiger charge is -2.06. The van der Waals surface area contributed by atoms with Crippen LogP contribution in [0.4, 0.5) is 10.1 Å². The summed E-state index contributed by atoms with van der Waals surface area (Å²) in [6.45, 7) is 1.79. The van der Waals surface area contributed by atoms with Crippen molar-refractivity contribution in [2.75, 3.05) is 16.9 Å². The number of carbonyl (C=O) groups is 1. The van der Waals surface area contributed by atoms with Crippen LogP contribution in [0.15, 0.2) is 40.1 Å².